The van der Waals surface area contributed by atoms with Crippen LogP contribution < -0.4 is 5.32 Å². The molecule has 112 valence electrons. The number of nitro groups is 1. The third-order valence-corrected chi connectivity index (χ3v) is 4.03. The molecule has 6 heteroatoms. The third-order valence-electron chi connectivity index (χ3n) is 3.54. The Morgan fingerprint density at radius 3 is 2.86 bits per heavy atom. The first-order valence-electron chi connectivity index (χ1n) is 6.88. The van der Waals surface area contributed by atoms with Crippen molar-refractivity contribution in [2.75, 3.05) is 11.9 Å². The van der Waals surface area contributed by atoms with E-state index in [0.717, 1.165) is 11.9 Å². The van der Waals surface area contributed by atoms with E-state index in [1.165, 1.54) is 17.0 Å². The average Bonchev–Trinajstić information content (AvgIpc) is 2.92. The summed E-state index contributed by atoms with van der Waals surface area (Å²) >= 11 is 3.26. The molecule has 5 nitrogen and oxygen atoms in total. The van der Waals surface area contributed by atoms with Gasteiger partial charge in [0.15, 0.2) is 0 Å². The summed E-state index contributed by atoms with van der Waals surface area (Å²) in [6.45, 7) is 0.629. The van der Waals surface area contributed by atoms with Crippen molar-refractivity contribution in [2.24, 2.45) is 0 Å². The number of benzene rings is 2. The van der Waals surface area contributed by atoms with Gasteiger partial charge in [-0.1, -0.05) is 34.1 Å². The first kappa shape index (κ1) is 14.6. The Morgan fingerprint density at radius 1 is 1.23 bits per heavy atom. The van der Waals surface area contributed by atoms with Gasteiger partial charge in [-0.2, -0.15) is 0 Å². The van der Waals surface area contributed by atoms with E-state index in [2.05, 4.69) is 32.3 Å². The maximum Gasteiger partial charge on any atom is 0.293 e. The van der Waals surface area contributed by atoms with Crippen LogP contribution in [0.5, 0.6) is 0 Å². The zero-order chi connectivity index (χ0) is 15.5. The third kappa shape index (κ3) is 2.96. The monoisotopic (exact) mass is 359 g/mol. The molecular formula is C16H14BrN3O2. The van der Waals surface area contributed by atoms with Crippen LogP contribution in [0.2, 0.25) is 0 Å². The second kappa shape index (κ2) is 6.19. The van der Waals surface area contributed by atoms with Gasteiger partial charge in [0, 0.05) is 34.2 Å². The number of hydrogen-bond donors (Lipinski definition) is 2. The van der Waals surface area contributed by atoms with Crippen LogP contribution in [0, 0.1) is 10.1 Å². The number of aromatic amines is 1. The Morgan fingerprint density at radius 2 is 2.05 bits per heavy atom. The molecule has 3 rings (SSSR count). The fourth-order valence-electron chi connectivity index (χ4n) is 2.48. The summed E-state index contributed by atoms with van der Waals surface area (Å²) in [5, 5.41) is 15.4. The Bertz CT molecular complexity index is 829. The Hall–Kier alpha value is -2.34. The molecule has 0 amide bonds. The lowest BCUT2D eigenvalue weighted by molar-refractivity contribution is -0.384. The van der Waals surface area contributed by atoms with Gasteiger partial charge in [-0.3, -0.25) is 10.1 Å². The maximum atomic E-state index is 11.1. The van der Waals surface area contributed by atoms with E-state index in [4.69, 9.17) is 0 Å². The summed E-state index contributed by atoms with van der Waals surface area (Å²) in [7, 11) is 0. The summed E-state index contributed by atoms with van der Waals surface area (Å²) < 4.78 is 0.696. The van der Waals surface area contributed by atoms with Gasteiger partial charge < -0.3 is 10.3 Å². The van der Waals surface area contributed by atoms with Crippen LogP contribution in [0.1, 0.15) is 5.56 Å². The van der Waals surface area contributed by atoms with Crippen molar-refractivity contribution >= 4 is 38.2 Å². The summed E-state index contributed by atoms with van der Waals surface area (Å²) in [6.07, 6.45) is 2.78. The number of rotatable bonds is 5. The van der Waals surface area contributed by atoms with Crippen molar-refractivity contribution in [3.05, 3.63) is 68.8 Å². The van der Waals surface area contributed by atoms with Crippen molar-refractivity contribution in [2.45, 2.75) is 6.42 Å². The predicted octanol–water partition coefficient (Wildman–Crippen LogP) is 4.49. The molecule has 0 aliphatic carbocycles. The van der Waals surface area contributed by atoms with Crippen LogP contribution in [0.15, 0.2) is 53.1 Å². The van der Waals surface area contributed by atoms with Gasteiger partial charge in [0.05, 0.1) is 4.92 Å². The van der Waals surface area contributed by atoms with Gasteiger partial charge in [-0.15, -0.1) is 0 Å². The highest BCUT2D eigenvalue weighted by molar-refractivity contribution is 9.10. The molecule has 0 radical (unpaired) electrons. The smallest absolute Gasteiger partial charge is 0.293 e. The minimum Gasteiger partial charge on any atom is -0.379 e. The lowest BCUT2D eigenvalue weighted by Crippen LogP contribution is -2.06. The molecule has 0 atom stereocenters. The zero-order valence-corrected chi connectivity index (χ0v) is 13.3. The molecule has 0 fully saturated rings. The lowest BCUT2D eigenvalue weighted by atomic mass is 10.1. The predicted molar refractivity (Wildman–Crippen MR) is 91.3 cm³/mol. The molecule has 2 aromatic carbocycles. The van der Waals surface area contributed by atoms with Crippen LogP contribution in [0.25, 0.3) is 10.9 Å². The van der Waals surface area contributed by atoms with E-state index in [1.54, 1.807) is 12.1 Å². The number of para-hydroxylation sites is 1. The van der Waals surface area contributed by atoms with Gasteiger partial charge in [0.1, 0.15) is 5.69 Å². The second-order valence-corrected chi connectivity index (χ2v) is 5.87. The highest BCUT2D eigenvalue weighted by atomic mass is 79.9. The second-order valence-electron chi connectivity index (χ2n) is 4.95. The van der Waals surface area contributed by atoms with Crippen LogP contribution in [0.3, 0.4) is 0 Å². The highest BCUT2D eigenvalue weighted by Crippen LogP contribution is 2.28. The average molecular weight is 360 g/mol. The molecule has 0 aliphatic rings. The molecule has 2 N–H and O–H groups in total. The highest BCUT2D eigenvalue weighted by Gasteiger charge is 2.13. The number of nitrogens with zero attached hydrogens (tertiary/aromatic N) is 1. The lowest BCUT2D eigenvalue weighted by Gasteiger charge is -2.07. The summed E-state index contributed by atoms with van der Waals surface area (Å²) in [5.41, 5.74) is 2.91. The molecule has 0 bridgehead atoms. The Balaban J connectivity index is 1.72. The van der Waals surface area contributed by atoms with Gasteiger partial charge in [-0.05, 0) is 30.2 Å². The molecule has 0 saturated carbocycles. The largest absolute Gasteiger partial charge is 0.379 e. The fourth-order valence-corrected chi connectivity index (χ4v) is 2.82. The number of anilines is 1. The standard InChI is InChI=1S/C16H14BrN3O2/c17-12-5-6-15(16(9-12)20(21)22)18-8-7-11-10-19-14-4-2-1-3-13(11)14/h1-6,9-10,18-19H,7-8H2. The molecule has 3 aromatic rings. The zero-order valence-electron chi connectivity index (χ0n) is 11.7. The first-order valence-corrected chi connectivity index (χ1v) is 7.67. The topological polar surface area (TPSA) is 71.0 Å². The van der Waals surface area contributed by atoms with Crippen molar-refractivity contribution < 1.29 is 4.92 Å². The van der Waals surface area contributed by atoms with Gasteiger partial charge in [-0.25, -0.2) is 0 Å². The summed E-state index contributed by atoms with van der Waals surface area (Å²) in [6, 6.07) is 13.1. The number of H-pyrrole nitrogens is 1. The first-order chi connectivity index (χ1) is 10.6. The fraction of sp³-hybridized carbons (Fsp3) is 0.125. The number of hydrogen-bond acceptors (Lipinski definition) is 3. The SMILES string of the molecule is O=[N+]([O-])c1cc(Br)ccc1NCCc1c[nH]c2ccccc12. The van der Waals surface area contributed by atoms with Crippen LogP contribution >= 0.6 is 15.9 Å². The van der Waals surface area contributed by atoms with E-state index in [-0.39, 0.29) is 10.6 Å². The molecule has 22 heavy (non-hydrogen) atoms. The van der Waals surface area contributed by atoms with Crippen LogP contribution in [-0.2, 0) is 6.42 Å². The van der Waals surface area contributed by atoms with Crippen LogP contribution in [-0.4, -0.2) is 16.5 Å². The number of fused-ring (bicyclic) bond motifs is 1. The Kier molecular flexibility index (Phi) is 4.11. The van der Waals surface area contributed by atoms with Crippen molar-refractivity contribution in [3.63, 3.8) is 0 Å². The van der Waals surface area contributed by atoms with E-state index >= 15 is 0 Å². The number of halogens is 1. The minimum atomic E-state index is -0.376. The van der Waals surface area contributed by atoms with E-state index in [1.807, 2.05) is 24.4 Å². The molecule has 1 heterocycles. The van der Waals surface area contributed by atoms with Crippen molar-refractivity contribution in [3.8, 4) is 0 Å². The normalized spacial score (nSPS) is 10.8. The number of nitrogens with one attached hydrogen (secondary N) is 2. The molecule has 0 spiro atoms. The number of aromatic nitrogens is 1. The van der Waals surface area contributed by atoms with Gasteiger partial charge in [0.2, 0.25) is 0 Å². The maximum absolute atomic E-state index is 11.1. The van der Waals surface area contributed by atoms with E-state index in [9.17, 15) is 10.1 Å². The van der Waals surface area contributed by atoms with Crippen molar-refractivity contribution in [1.29, 1.82) is 0 Å². The van der Waals surface area contributed by atoms with Crippen LogP contribution in [0.4, 0.5) is 11.4 Å². The van der Waals surface area contributed by atoms with Crippen molar-refractivity contribution in [1.82, 2.24) is 4.98 Å². The van der Waals surface area contributed by atoms with Gasteiger partial charge in [0.25, 0.3) is 5.69 Å². The number of nitro benzene ring substituents is 1. The Labute approximate surface area is 135 Å². The van der Waals surface area contributed by atoms with E-state index in [0.29, 0.717) is 16.7 Å². The van der Waals surface area contributed by atoms with E-state index < -0.39 is 0 Å². The van der Waals surface area contributed by atoms with Gasteiger partial charge >= 0.3 is 0 Å². The summed E-state index contributed by atoms with van der Waals surface area (Å²) in [5.74, 6) is 0. The molecule has 1 aromatic heterocycles. The minimum absolute atomic E-state index is 0.0771. The molecular weight excluding hydrogens is 346 g/mol. The molecule has 0 unspecified atom stereocenters. The molecule has 0 saturated heterocycles. The molecule has 0 aliphatic heterocycles. The quantitative estimate of drug-likeness (QED) is 0.520. The summed E-state index contributed by atoms with van der Waals surface area (Å²) in [4.78, 5) is 13.9.